The largest absolute Gasteiger partial charge is 0.494 e. The van der Waals surface area contributed by atoms with Gasteiger partial charge in [-0.3, -0.25) is 4.79 Å². The van der Waals surface area contributed by atoms with Gasteiger partial charge in [-0.15, -0.1) is 0 Å². The molecule has 1 saturated heterocycles. The van der Waals surface area contributed by atoms with E-state index in [1.165, 1.54) is 0 Å². The molecule has 1 aliphatic heterocycles. The predicted molar refractivity (Wildman–Crippen MR) is 122 cm³/mol. The number of rotatable bonds is 6. The lowest BCUT2D eigenvalue weighted by Gasteiger charge is -2.24. The predicted octanol–water partition coefficient (Wildman–Crippen LogP) is 4.01. The van der Waals surface area contributed by atoms with Crippen molar-refractivity contribution >= 4 is 11.7 Å². The molecular weight excluding hydrogens is 406 g/mol. The normalized spacial score (nSPS) is 14.5. The van der Waals surface area contributed by atoms with Crippen LogP contribution in [0, 0.1) is 0 Å². The molecule has 0 unspecified atom stereocenters. The van der Waals surface area contributed by atoms with Gasteiger partial charge < -0.3 is 19.1 Å². The maximum absolute atomic E-state index is 13.0. The number of ether oxygens (including phenoxy) is 1. The molecule has 1 amide bonds. The van der Waals surface area contributed by atoms with E-state index in [4.69, 9.17) is 9.26 Å². The molecule has 8 heteroatoms. The Morgan fingerprint density at radius 1 is 1.12 bits per heavy atom. The van der Waals surface area contributed by atoms with Crippen LogP contribution >= 0.6 is 0 Å². The van der Waals surface area contributed by atoms with Crippen LogP contribution < -0.4 is 9.64 Å². The van der Waals surface area contributed by atoms with Gasteiger partial charge in [0.1, 0.15) is 11.6 Å². The van der Waals surface area contributed by atoms with Crippen LogP contribution in [0.25, 0.3) is 11.5 Å². The summed E-state index contributed by atoms with van der Waals surface area (Å²) < 4.78 is 11.0. The Balaban J connectivity index is 1.48. The molecule has 1 fully saturated rings. The quantitative estimate of drug-likeness (QED) is 0.578. The molecule has 8 nitrogen and oxygen atoms in total. The summed E-state index contributed by atoms with van der Waals surface area (Å²) in [6.45, 7) is 9.39. The summed E-state index contributed by atoms with van der Waals surface area (Å²) in [7, 11) is 0. The Morgan fingerprint density at radius 3 is 2.66 bits per heavy atom. The Labute approximate surface area is 188 Å². The summed E-state index contributed by atoms with van der Waals surface area (Å²) >= 11 is 0. The molecule has 32 heavy (non-hydrogen) atoms. The summed E-state index contributed by atoms with van der Waals surface area (Å²) in [5, 5.41) is 4.09. The smallest absolute Gasteiger partial charge is 0.261 e. The molecule has 0 N–H and O–H groups in total. The third kappa shape index (κ3) is 4.74. The highest BCUT2D eigenvalue weighted by Crippen LogP contribution is 2.29. The number of nitrogens with zero attached hydrogens (tertiary/aromatic N) is 5. The highest BCUT2D eigenvalue weighted by atomic mass is 16.5. The van der Waals surface area contributed by atoms with Crippen molar-refractivity contribution in [2.45, 2.75) is 33.1 Å². The van der Waals surface area contributed by atoms with Crippen molar-refractivity contribution in [3.05, 3.63) is 54.0 Å². The van der Waals surface area contributed by atoms with Gasteiger partial charge in [0.15, 0.2) is 5.82 Å². The lowest BCUT2D eigenvalue weighted by atomic mass is 10.2. The summed E-state index contributed by atoms with van der Waals surface area (Å²) in [6, 6.07) is 11.2. The van der Waals surface area contributed by atoms with Crippen molar-refractivity contribution in [3.63, 3.8) is 0 Å². The number of hydrogen-bond donors (Lipinski definition) is 0. The van der Waals surface area contributed by atoms with Crippen molar-refractivity contribution in [1.82, 2.24) is 20.0 Å². The van der Waals surface area contributed by atoms with E-state index in [9.17, 15) is 4.79 Å². The highest BCUT2D eigenvalue weighted by Gasteiger charge is 2.24. The van der Waals surface area contributed by atoms with E-state index in [-0.39, 0.29) is 11.8 Å². The fourth-order valence-corrected chi connectivity index (χ4v) is 3.77. The summed E-state index contributed by atoms with van der Waals surface area (Å²) in [4.78, 5) is 26.3. The van der Waals surface area contributed by atoms with Gasteiger partial charge in [0.25, 0.3) is 11.8 Å². The van der Waals surface area contributed by atoms with Crippen LogP contribution in [0.3, 0.4) is 0 Å². The standard InChI is InChI=1S/C24H29N5O3/c1-4-31-19-10-8-18(9-11-19)24(30)29-14-6-13-28(15-16-29)22-20(7-5-12-25-22)23-26-21(17(2)3)27-32-23/h5,7-12,17H,4,6,13-16H2,1-3H3. The van der Waals surface area contributed by atoms with Gasteiger partial charge in [-0.2, -0.15) is 4.98 Å². The molecule has 3 heterocycles. The summed E-state index contributed by atoms with van der Waals surface area (Å²) in [5.41, 5.74) is 1.49. The molecule has 2 aromatic heterocycles. The van der Waals surface area contributed by atoms with E-state index >= 15 is 0 Å². The summed E-state index contributed by atoms with van der Waals surface area (Å²) in [5.74, 6) is 2.96. The van der Waals surface area contributed by atoms with Gasteiger partial charge in [0.05, 0.1) is 12.2 Å². The number of carbonyl (C=O) groups is 1. The number of carbonyl (C=O) groups excluding carboxylic acids is 1. The van der Waals surface area contributed by atoms with E-state index < -0.39 is 0 Å². The minimum Gasteiger partial charge on any atom is -0.494 e. The molecule has 0 atom stereocenters. The monoisotopic (exact) mass is 435 g/mol. The molecule has 1 aromatic carbocycles. The van der Waals surface area contributed by atoms with Crippen LogP contribution in [0.1, 0.15) is 49.3 Å². The Morgan fingerprint density at radius 2 is 1.94 bits per heavy atom. The van der Waals surface area contributed by atoms with E-state index in [0.717, 1.165) is 30.1 Å². The Bertz CT molecular complexity index is 1050. The number of amides is 1. The third-order valence-electron chi connectivity index (χ3n) is 5.47. The first-order chi connectivity index (χ1) is 15.6. The molecule has 4 rings (SSSR count). The van der Waals surface area contributed by atoms with Crippen molar-refractivity contribution < 1.29 is 14.1 Å². The van der Waals surface area contributed by atoms with Crippen molar-refractivity contribution in [2.75, 3.05) is 37.7 Å². The first-order valence-corrected chi connectivity index (χ1v) is 11.1. The van der Waals surface area contributed by atoms with Gasteiger partial charge in [-0.05, 0) is 49.7 Å². The van der Waals surface area contributed by atoms with E-state index in [0.29, 0.717) is 43.5 Å². The number of benzene rings is 1. The lowest BCUT2D eigenvalue weighted by Crippen LogP contribution is -2.35. The molecule has 3 aromatic rings. The zero-order chi connectivity index (χ0) is 22.5. The van der Waals surface area contributed by atoms with Crippen LogP contribution in [0.2, 0.25) is 0 Å². The van der Waals surface area contributed by atoms with Crippen molar-refractivity contribution in [2.24, 2.45) is 0 Å². The van der Waals surface area contributed by atoms with Crippen LogP contribution in [0.15, 0.2) is 47.1 Å². The first kappa shape index (κ1) is 21.8. The molecule has 0 saturated carbocycles. The van der Waals surface area contributed by atoms with E-state index in [2.05, 4.69) is 20.0 Å². The molecule has 0 spiro atoms. The highest BCUT2D eigenvalue weighted by molar-refractivity contribution is 5.94. The van der Waals surface area contributed by atoms with Crippen LogP contribution in [-0.4, -0.2) is 58.7 Å². The zero-order valence-corrected chi connectivity index (χ0v) is 18.8. The van der Waals surface area contributed by atoms with Gasteiger partial charge in [-0.25, -0.2) is 4.98 Å². The second kappa shape index (κ2) is 9.80. The Kier molecular flexibility index (Phi) is 6.68. The third-order valence-corrected chi connectivity index (χ3v) is 5.47. The van der Waals surface area contributed by atoms with Gasteiger partial charge >= 0.3 is 0 Å². The topological polar surface area (TPSA) is 84.6 Å². The maximum Gasteiger partial charge on any atom is 0.261 e. The number of anilines is 1. The fraction of sp³-hybridized carbons (Fsp3) is 0.417. The van der Waals surface area contributed by atoms with E-state index in [1.54, 1.807) is 6.20 Å². The van der Waals surface area contributed by atoms with Crippen molar-refractivity contribution in [3.8, 4) is 17.2 Å². The van der Waals surface area contributed by atoms with Gasteiger partial charge in [0.2, 0.25) is 0 Å². The zero-order valence-electron chi connectivity index (χ0n) is 18.8. The maximum atomic E-state index is 13.0. The SMILES string of the molecule is CCOc1ccc(C(=O)N2CCCN(c3ncccc3-c3nc(C(C)C)no3)CC2)cc1. The Hall–Kier alpha value is -3.42. The molecule has 168 valence electrons. The van der Waals surface area contributed by atoms with Crippen molar-refractivity contribution in [1.29, 1.82) is 0 Å². The lowest BCUT2D eigenvalue weighted by molar-refractivity contribution is 0.0767. The minimum absolute atomic E-state index is 0.0367. The minimum atomic E-state index is 0.0367. The molecule has 0 bridgehead atoms. The number of hydrogen-bond acceptors (Lipinski definition) is 7. The fourth-order valence-electron chi connectivity index (χ4n) is 3.77. The van der Waals surface area contributed by atoms with Crippen LogP contribution in [0.4, 0.5) is 5.82 Å². The molecule has 0 radical (unpaired) electrons. The van der Waals surface area contributed by atoms with Crippen LogP contribution in [-0.2, 0) is 0 Å². The van der Waals surface area contributed by atoms with Gasteiger partial charge in [-0.1, -0.05) is 19.0 Å². The number of pyridine rings is 1. The average Bonchev–Trinajstić information content (AvgIpc) is 3.18. The number of aromatic nitrogens is 3. The van der Waals surface area contributed by atoms with Crippen LogP contribution in [0.5, 0.6) is 5.75 Å². The second-order valence-corrected chi connectivity index (χ2v) is 8.08. The average molecular weight is 436 g/mol. The van der Waals surface area contributed by atoms with Gasteiger partial charge in [0, 0.05) is 43.9 Å². The van der Waals surface area contributed by atoms with E-state index in [1.807, 2.05) is 62.1 Å². The second-order valence-electron chi connectivity index (χ2n) is 8.08. The molecule has 0 aliphatic carbocycles. The molecular formula is C24H29N5O3. The molecule has 1 aliphatic rings. The summed E-state index contributed by atoms with van der Waals surface area (Å²) in [6.07, 6.45) is 2.62. The first-order valence-electron chi connectivity index (χ1n) is 11.1.